The summed E-state index contributed by atoms with van der Waals surface area (Å²) in [5.41, 5.74) is 5.97. The first-order chi connectivity index (χ1) is 15.2. The van der Waals surface area contributed by atoms with E-state index in [1.165, 1.54) is 33.4 Å². The first kappa shape index (κ1) is 24.1. The Morgan fingerprint density at radius 3 is 2.28 bits per heavy atom. The zero-order chi connectivity index (χ0) is 21.8. The van der Waals surface area contributed by atoms with Crippen LogP contribution in [0.1, 0.15) is 38.8 Å². The average Bonchev–Trinajstić information content (AvgIpc) is 2.79. The minimum absolute atomic E-state index is 0. The third-order valence-corrected chi connectivity index (χ3v) is 5.64. The van der Waals surface area contributed by atoms with Crippen LogP contribution in [0.4, 0.5) is 5.69 Å². The van der Waals surface area contributed by atoms with Crippen LogP contribution in [0, 0.1) is 0 Å². The van der Waals surface area contributed by atoms with Crippen LogP contribution in [0.25, 0.3) is 23.1 Å². The molecule has 0 bridgehead atoms. The molecule has 32 heavy (non-hydrogen) atoms. The smallest absolute Gasteiger partial charge is 0.213 e. The second-order valence-electron chi connectivity index (χ2n) is 7.47. The Kier molecular flexibility index (Phi) is 8.18. The van der Waals surface area contributed by atoms with Gasteiger partial charge in [-0.25, -0.2) is 0 Å². The lowest BCUT2D eigenvalue weighted by Crippen LogP contribution is -3.00. The highest BCUT2D eigenvalue weighted by Crippen LogP contribution is 2.35. The number of pyridine rings is 1. The van der Waals surface area contributed by atoms with E-state index < -0.39 is 0 Å². The third kappa shape index (κ3) is 4.77. The van der Waals surface area contributed by atoms with E-state index in [1.54, 1.807) is 0 Å². The Morgan fingerprint density at radius 2 is 1.59 bits per heavy atom. The summed E-state index contributed by atoms with van der Waals surface area (Å²) in [4.78, 5) is 2.35. The van der Waals surface area contributed by atoms with Crippen molar-refractivity contribution in [3.63, 3.8) is 0 Å². The Bertz CT molecular complexity index is 1150. The SMILES string of the molecule is CCOc1ccc2c(c1)C=CC(=Cc1cc[n+](CC)c3ccc(OCC)cc13)N2CC.[I-]. The molecule has 0 unspecified atom stereocenters. The molecule has 0 atom stereocenters. The number of benzene rings is 2. The van der Waals surface area contributed by atoms with Crippen molar-refractivity contribution in [3.05, 3.63) is 71.6 Å². The number of rotatable bonds is 7. The normalized spacial score (nSPS) is 13.8. The number of likely N-dealkylation sites (N-methyl/N-ethyl adjacent to an activating group) is 1. The minimum Gasteiger partial charge on any atom is -1.00 e. The number of hydrogen-bond donors (Lipinski definition) is 0. The number of allylic oxidation sites excluding steroid dienone is 1. The molecule has 2 heterocycles. The van der Waals surface area contributed by atoms with Gasteiger partial charge < -0.3 is 38.4 Å². The van der Waals surface area contributed by atoms with Gasteiger partial charge in [-0.15, -0.1) is 0 Å². The minimum atomic E-state index is 0. The summed E-state index contributed by atoms with van der Waals surface area (Å²) < 4.78 is 13.7. The van der Waals surface area contributed by atoms with E-state index in [-0.39, 0.29) is 24.0 Å². The number of ether oxygens (including phenoxy) is 2. The van der Waals surface area contributed by atoms with Gasteiger partial charge in [-0.05, 0) is 75.7 Å². The quantitative estimate of drug-likeness (QED) is 0.340. The largest absolute Gasteiger partial charge is 1.00 e. The molecule has 1 aromatic heterocycles. The van der Waals surface area contributed by atoms with Crippen LogP contribution >= 0.6 is 0 Å². The van der Waals surface area contributed by atoms with Gasteiger partial charge in [0.2, 0.25) is 5.52 Å². The van der Waals surface area contributed by atoms with Gasteiger partial charge in [-0.1, -0.05) is 6.08 Å². The van der Waals surface area contributed by atoms with Crippen LogP contribution in [0.5, 0.6) is 11.5 Å². The van der Waals surface area contributed by atoms with E-state index >= 15 is 0 Å². The molecular formula is C27H31IN2O2. The Labute approximate surface area is 208 Å². The van der Waals surface area contributed by atoms with Crippen LogP contribution in [-0.2, 0) is 6.54 Å². The standard InChI is InChI=1S/C27H31N2O2.HI/c1-5-28-16-15-20(25-19-24(31-8-4)12-14-27(25)28)17-22-10-9-21-18-23(30-7-3)11-13-26(21)29(22)6-2;/h9-19H,5-8H2,1-4H3;1H/q+1;/p-1. The van der Waals surface area contributed by atoms with E-state index in [0.29, 0.717) is 13.2 Å². The lowest BCUT2D eigenvalue weighted by Gasteiger charge is -2.29. The van der Waals surface area contributed by atoms with Gasteiger partial charge in [-0.2, -0.15) is 4.57 Å². The van der Waals surface area contributed by atoms with E-state index in [1.807, 2.05) is 13.8 Å². The van der Waals surface area contributed by atoms with Crippen molar-refractivity contribution in [2.75, 3.05) is 24.7 Å². The van der Waals surface area contributed by atoms with Gasteiger partial charge in [-0.3, -0.25) is 0 Å². The fourth-order valence-electron chi connectivity index (χ4n) is 4.21. The van der Waals surface area contributed by atoms with Crippen LogP contribution in [-0.4, -0.2) is 19.8 Å². The van der Waals surface area contributed by atoms with Crippen molar-refractivity contribution in [2.45, 2.75) is 34.2 Å². The highest BCUT2D eigenvalue weighted by atomic mass is 127. The molecular weight excluding hydrogens is 511 g/mol. The molecule has 2 aromatic carbocycles. The van der Waals surface area contributed by atoms with Crippen LogP contribution in [0.2, 0.25) is 0 Å². The predicted octanol–water partition coefficient (Wildman–Crippen LogP) is 2.84. The van der Waals surface area contributed by atoms with Gasteiger partial charge in [0.1, 0.15) is 18.0 Å². The Hall–Kier alpha value is -2.54. The topological polar surface area (TPSA) is 25.6 Å². The maximum absolute atomic E-state index is 5.79. The van der Waals surface area contributed by atoms with E-state index in [0.717, 1.165) is 24.6 Å². The predicted molar refractivity (Wildman–Crippen MR) is 129 cm³/mol. The summed E-state index contributed by atoms with van der Waals surface area (Å²) in [6.45, 7) is 11.5. The molecule has 168 valence electrons. The zero-order valence-corrected chi connectivity index (χ0v) is 21.4. The molecule has 0 radical (unpaired) electrons. The molecule has 0 N–H and O–H groups in total. The molecule has 0 spiro atoms. The Balaban J connectivity index is 0.00000289. The zero-order valence-electron chi connectivity index (χ0n) is 19.3. The second-order valence-corrected chi connectivity index (χ2v) is 7.47. The Morgan fingerprint density at radius 1 is 0.875 bits per heavy atom. The summed E-state index contributed by atoms with van der Waals surface area (Å²) in [5, 5.41) is 1.20. The highest BCUT2D eigenvalue weighted by Gasteiger charge is 2.18. The number of hydrogen-bond acceptors (Lipinski definition) is 3. The molecule has 4 rings (SSSR count). The number of anilines is 1. The molecule has 5 heteroatoms. The van der Waals surface area contributed by atoms with Crippen LogP contribution < -0.4 is 42.9 Å². The van der Waals surface area contributed by atoms with Crippen molar-refractivity contribution in [1.29, 1.82) is 0 Å². The summed E-state index contributed by atoms with van der Waals surface area (Å²) >= 11 is 0. The van der Waals surface area contributed by atoms with E-state index in [2.05, 4.69) is 90.2 Å². The van der Waals surface area contributed by atoms with Crippen molar-refractivity contribution >= 4 is 28.7 Å². The molecule has 0 fully saturated rings. The molecule has 0 saturated heterocycles. The number of fused-ring (bicyclic) bond motifs is 2. The summed E-state index contributed by atoms with van der Waals surface area (Å²) in [7, 11) is 0. The van der Waals surface area contributed by atoms with Gasteiger partial charge in [0.25, 0.3) is 0 Å². The molecule has 4 nitrogen and oxygen atoms in total. The summed E-state index contributed by atoms with van der Waals surface area (Å²) in [6, 6.07) is 14.9. The number of nitrogens with zero attached hydrogens (tertiary/aromatic N) is 2. The maximum atomic E-state index is 5.79. The fraction of sp³-hybridized carbons (Fsp3) is 0.296. The summed E-state index contributed by atoms with van der Waals surface area (Å²) in [6.07, 6.45) is 8.82. The van der Waals surface area contributed by atoms with Gasteiger partial charge >= 0.3 is 0 Å². The van der Waals surface area contributed by atoms with E-state index in [9.17, 15) is 0 Å². The lowest BCUT2D eigenvalue weighted by molar-refractivity contribution is -0.667. The van der Waals surface area contributed by atoms with Gasteiger partial charge in [0.15, 0.2) is 6.20 Å². The number of aryl methyl sites for hydroxylation is 1. The monoisotopic (exact) mass is 542 g/mol. The molecule has 0 amide bonds. The molecule has 1 aliphatic rings. The average molecular weight is 542 g/mol. The number of halogens is 1. The van der Waals surface area contributed by atoms with Gasteiger partial charge in [0, 0.05) is 35.6 Å². The van der Waals surface area contributed by atoms with Crippen molar-refractivity contribution in [2.24, 2.45) is 0 Å². The second kappa shape index (κ2) is 10.9. The van der Waals surface area contributed by atoms with Crippen molar-refractivity contribution in [3.8, 4) is 11.5 Å². The fourth-order valence-corrected chi connectivity index (χ4v) is 4.21. The maximum Gasteiger partial charge on any atom is 0.213 e. The number of aromatic nitrogens is 1. The molecule has 0 aliphatic carbocycles. The van der Waals surface area contributed by atoms with Crippen LogP contribution in [0.15, 0.2) is 60.4 Å². The summed E-state index contributed by atoms with van der Waals surface area (Å²) in [5.74, 6) is 1.82. The third-order valence-electron chi connectivity index (χ3n) is 5.64. The molecule has 3 aromatic rings. The highest BCUT2D eigenvalue weighted by molar-refractivity contribution is 5.89. The molecule has 0 saturated carbocycles. The van der Waals surface area contributed by atoms with E-state index in [4.69, 9.17) is 9.47 Å². The first-order valence-electron chi connectivity index (χ1n) is 11.2. The lowest BCUT2D eigenvalue weighted by atomic mass is 10.0. The van der Waals surface area contributed by atoms with Crippen molar-refractivity contribution in [1.82, 2.24) is 0 Å². The van der Waals surface area contributed by atoms with Crippen LogP contribution in [0.3, 0.4) is 0 Å². The molecule has 1 aliphatic heterocycles. The first-order valence-corrected chi connectivity index (χ1v) is 11.2. The van der Waals surface area contributed by atoms with Crippen molar-refractivity contribution < 1.29 is 38.0 Å². The van der Waals surface area contributed by atoms with Gasteiger partial charge in [0.05, 0.1) is 18.6 Å².